The van der Waals surface area contributed by atoms with E-state index in [4.69, 9.17) is 16.9 Å². The number of rotatable bonds is 2. The van der Waals surface area contributed by atoms with Gasteiger partial charge in [0.05, 0.1) is 5.69 Å². The lowest BCUT2D eigenvalue weighted by molar-refractivity contribution is 0.624. The third-order valence-corrected chi connectivity index (χ3v) is 2.94. The fraction of sp³-hybridized carbons (Fsp3) is 0.154. The van der Waals surface area contributed by atoms with E-state index >= 15 is 0 Å². The minimum absolute atomic E-state index is 0.0608. The Morgan fingerprint density at radius 3 is 2.74 bits per heavy atom. The monoisotopic (exact) mass is 276 g/mol. The first kappa shape index (κ1) is 13.2. The van der Waals surface area contributed by atoms with E-state index in [1.54, 1.807) is 19.9 Å². The first-order valence-corrected chi connectivity index (χ1v) is 5.87. The summed E-state index contributed by atoms with van der Waals surface area (Å²) in [4.78, 5) is 8.21. The van der Waals surface area contributed by atoms with Crippen LogP contribution in [-0.4, -0.2) is 9.97 Å². The Morgan fingerprint density at radius 2 is 2.05 bits per heavy atom. The molecule has 0 atom stereocenters. The van der Waals surface area contributed by atoms with Gasteiger partial charge in [-0.3, -0.25) is 0 Å². The molecule has 1 heterocycles. The number of hydrogen-bond donors (Lipinski definition) is 1. The first-order chi connectivity index (χ1) is 9.02. The second-order valence-electron chi connectivity index (χ2n) is 3.93. The zero-order chi connectivity index (χ0) is 14.0. The second-order valence-corrected chi connectivity index (χ2v) is 4.29. The van der Waals surface area contributed by atoms with Crippen molar-refractivity contribution < 1.29 is 4.39 Å². The zero-order valence-electron chi connectivity index (χ0n) is 10.3. The molecule has 0 amide bonds. The van der Waals surface area contributed by atoms with Crippen molar-refractivity contribution in [3.63, 3.8) is 0 Å². The van der Waals surface area contributed by atoms with E-state index in [9.17, 15) is 4.39 Å². The summed E-state index contributed by atoms with van der Waals surface area (Å²) < 4.78 is 13.5. The molecule has 2 rings (SSSR count). The molecule has 0 unspecified atom stereocenters. The van der Waals surface area contributed by atoms with Crippen molar-refractivity contribution >= 4 is 23.1 Å². The third kappa shape index (κ3) is 2.64. The number of anilines is 2. The van der Waals surface area contributed by atoms with Gasteiger partial charge in [0.2, 0.25) is 0 Å². The summed E-state index contributed by atoms with van der Waals surface area (Å²) in [7, 11) is 0. The summed E-state index contributed by atoms with van der Waals surface area (Å²) in [6, 6.07) is 6.17. The highest BCUT2D eigenvalue weighted by Gasteiger charge is 2.12. The van der Waals surface area contributed by atoms with Crippen molar-refractivity contribution in [2.75, 3.05) is 5.32 Å². The first-order valence-electron chi connectivity index (χ1n) is 5.49. The average molecular weight is 277 g/mol. The van der Waals surface area contributed by atoms with Crippen LogP contribution in [0.5, 0.6) is 0 Å². The topological polar surface area (TPSA) is 61.6 Å². The lowest BCUT2D eigenvalue weighted by atomic mass is 10.2. The molecule has 1 N–H and O–H groups in total. The van der Waals surface area contributed by atoms with Crippen LogP contribution in [0.15, 0.2) is 18.2 Å². The predicted molar refractivity (Wildman–Crippen MR) is 70.9 cm³/mol. The third-order valence-electron chi connectivity index (χ3n) is 2.58. The van der Waals surface area contributed by atoms with Crippen LogP contribution in [0.4, 0.5) is 15.9 Å². The number of aryl methyl sites for hydroxylation is 1. The molecule has 6 heteroatoms. The standard InChI is InChI=1S/C13H10ClFN4/c1-7-12(14)17-8(2)18-13(7)19-11-5-3-4-10(15)9(11)6-16/h3-5H,1-2H3,(H,17,18,19). The molecule has 0 aliphatic heterocycles. The quantitative estimate of drug-likeness (QED) is 0.853. The summed E-state index contributed by atoms with van der Waals surface area (Å²) in [6.07, 6.45) is 0. The van der Waals surface area contributed by atoms with Gasteiger partial charge < -0.3 is 5.32 Å². The fourth-order valence-corrected chi connectivity index (χ4v) is 1.80. The number of benzene rings is 1. The van der Waals surface area contributed by atoms with Crippen molar-refractivity contribution in [2.24, 2.45) is 0 Å². The van der Waals surface area contributed by atoms with E-state index in [1.807, 2.05) is 6.07 Å². The number of halogens is 2. The van der Waals surface area contributed by atoms with Gasteiger partial charge in [0.25, 0.3) is 0 Å². The number of aromatic nitrogens is 2. The number of nitrogens with one attached hydrogen (secondary N) is 1. The van der Waals surface area contributed by atoms with Gasteiger partial charge in [-0.2, -0.15) is 5.26 Å². The molecular formula is C13H10ClFN4. The van der Waals surface area contributed by atoms with E-state index in [2.05, 4.69) is 15.3 Å². The number of hydrogen-bond acceptors (Lipinski definition) is 4. The summed E-state index contributed by atoms with van der Waals surface area (Å²) in [5.74, 6) is 0.370. The highest BCUT2D eigenvalue weighted by atomic mass is 35.5. The number of nitriles is 1. The molecule has 0 aliphatic rings. The van der Waals surface area contributed by atoms with E-state index < -0.39 is 5.82 Å². The van der Waals surface area contributed by atoms with Crippen LogP contribution in [0.1, 0.15) is 17.0 Å². The molecule has 19 heavy (non-hydrogen) atoms. The van der Waals surface area contributed by atoms with Crippen molar-refractivity contribution in [2.45, 2.75) is 13.8 Å². The predicted octanol–water partition coefficient (Wildman–Crippen LogP) is 3.50. The molecule has 96 valence electrons. The molecule has 0 saturated heterocycles. The number of nitrogens with zero attached hydrogens (tertiary/aromatic N) is 3. The molecule has 2 aromatic rings. The van der Waals surface area contributed by atoms with E-state index in [-0.39, 0.29) is 5.56 Å². The maximum absolute atomic E-state index is 13.5. The van der Waals surface area contributed by atoms with Crippen LogP contribution in [0, 0.1) is 31.0 Å². The summed E-state index contributed by atoms with van der Waals surface area (Å²) in [6.45, 7) is 3.45. The molecule has 1 aromatic carbocycles. The van der Waals surface area contributed by atoms with Crippen molar-refractivity contribution in [3.05, 3.63) is 46.1 Å². The normalized spacial score (nSPS) is 10.1. The smallest absolute Gasteiger partial charge is 0.143 e. The molecule has 0 radical (unpaired) electrons. The zero-order valence-corrected chi connectivity index (χ0v) is 11.1. The Hall–Kier alpha value is -2.19. The Morgan fingerprint density at radius 1 is 1.32 bits per heavy atom. The molecular weight excluding hydrogens is 267 g/mol. The molecule has 0 aliphatic carbocycles. The van der Waals surface area contributed by atoms with E-state index in [1.165, 1.54) is 12.1 Å². The average Bonchev–Trinajstić information content (AvgIpc) is 2.35. The molecule has 0 bridgehead atoms. The van der Waals surface area contributed by atoms with Crippen LogP contribution in [0.2, 0.25) is 5.15 Å². The van der Waals surface area contributed by atoms with Crippen LogP contribution >= 0.6 is 11.6 Å². The SMILES string of the molecule is Cc1nc(Cl)c(C)c(Nc2cccc(F)c2C#N)n1. The van der Waals surface area contributed by atoms with Gasteiger partial charge in [0.15, 0.2) is 0 Å². The van der Waals surface area contributed by atoms with Crippen LogP contribution in [0.3, 0.4) is 0 Å². The highest BCUT2D eigenvalue weighted by molar-refractivity contribution is 6.30. The van der Waals surface area contributed by atoms with Gasteiger partial charge in [0, 0.05) is 5.56 Å². The summed E-state index contributed by atoms with van der Waals surface area (Å²) in [5, 5.41) is 12.2. The second kappa shape index (κ2) is 5.21. The van der Waals surface area contributed by atoms with Crippen molar-refractivity contribution in [3.8, 4) is 6.07 Å². The Kier molecular flexibility index (Phi) is 3.63. The van der Waals surface area contributed by atoms with Gasteiger partial charge in [-0.1, -0.05) is 17.7 Å². The van der Waals surface area contributed by atoms with Gasteiger partial charge in [-0.15, -0.1) is 0 Å². The Bertz CT molecular complexity index is 679. The fourth-order valence-electron chi connectivity index (χ4n) is 1.59. The largest absolute Gasteiger partial charge is 0.339 e. The molecule has 0 spiro atoms. The Balaban J connectivity index is 2.48. The summed E-state index contributed by atoms with van der Waals surface area (Å²) in [5.41, 5.74) is 0.925. The lowest BCUT2D eigenvalue weighted by Crippen LogP contribution is -2.03. The molecule has 0 saturated carbocycles. The van der Waals surface area contributed by atoms with Crippen LogP contribution in [0.25, 0.3) is 0 Å². The summed E-state index contributed by atoms with van der Waals surface area (Å²) >= 11 is 5.96. The maximum Gasteiger partial charge on any atom is 0.143 e. The van der Waals surface area contributed by atoms with Crippen LogP contribution < -0.4 is 5.32 Å². The van der Waals surface area contributed by atoms with Gasteiger partial charge in [-0.05, 0) is 26.0 Å². The highest BCUT2D eigenvalue weighted by Crippen LogP contribution is 2.26. The molecule has 4 nitrogen and oxygen atoms in total. The minimum Gasteiger partial charge on any atom is -0.339 e. The lowest BCUT2D eigenvalue weighted by Gasteiger charge is -2.11. The van der Waals surface area contributed by atoms with E-state index in [0.29, 0.717) is 28.0 Å². The maximum atomic E-state index is 13.5. The molecule has 0 fully saturated rings. The van der Waals surface area contributed by atoms with Gasteiger partial charge >= 0.3 is 0 Å². The minimum atomic E-state index is -0.581. The Labute approximate surface area is 114 Å². The van der Waals surface area contributed by atoms with Crippen molar-refractivity contribution in [1.82, 2.24) is 9.97 Å². The van der Waals surface area contributed by atoms with E-state index in [0.717, 1.165) is 0 Å². The molecule has 1 aromatic heterocycles. The van der Waals surface area contributed by atoms with Gasteiger partial charge in [-0.25, -0.2) is 14.4 Å². The van der Waals surface area contributed by atoms with Crippen LogP contribution in [-0.2, 0) is 0 Å². The van der Waals surface area contributed by atoms with Gasteiger partial charge in [0.1, 0.15) is 34.2 Å². The van der Waals surface area contributed by atoms with Crippen molar-refractivity contribution in [1.29, 1.82) is 5.26 Å².